The average Bonchev–Trinajstić information content (AvgIpc) is 3.41. The summed E-state index contributed by atoms with van der Waals surface area (Å²) in [6.07, 6.45) is 0.251. The van der Waals surface area contributed by atoms with Gasteiger partial charge >= 0.3 is 5.97 Å². The van der Waals surface area contributed by atoms with E-state index in [2.05, 4.69) is 12.1 Å². The lowest BCUT2D eigenvalue weighted by Gasteiger charge is -2.50. The number of benzene rings is 3. The van der Waals surface area contributed by atoms with Crippen molar-refractivity contribution in [2.75, 3.05) is 6.61 Å². The highest BCUT2D eigenvalue weighted by Crippen LogP contribution is 2.45. The van der Waals surface area contributed by atoms with Crippen molar-refractivity contribution < 1.29 is 28.5 Å². The van der Waals surface area contributed by atoms with Gasteiger partial charge in [-0.3, -0.25) is 4.79 Å². The summed E-state index contributed by atoms with van der Waals surface area (Å²) in [6.45, 7) is 3.25. The van der Waals surface area contributed by atoms with E-state index in [0.29, 0.717) is 32.8 Å². The molecule has 1 saturated carbocycles. The molecule has 200 valence electrons. The summed E-state index contributed by atoms with van der Waals surface area (Å²) in [5, 5.41) is 0. The molecule has 2 fully saturated rings. The van der Waals surface area contributed by atoms with Crippen LogP contribution < -0.4 is 0 Å². The van der Waals surface area contributed by atoms with Crippen LogP contribution >= 0.6 is 0 Å². The molecule has 38 heavy (non-hydrogen) atoms. The van der Waals surface area contributed by atoms with Crippen molar-refractivity contribution in [3.05, 3.63) is 108 Å². The van der Waals surface area contributed by atoms with Gasteiger partial charge in [-0.05, 0) is 29.5 Å². The molecule has 1 aliphatic carbocycles. The fourth-order valence-electron chi connectivity index (χ4n) is 5.61. The van der Waals surface area contributed by atoms with Crippen LogP contribution in [0.15, 0.2) is 91.0 Å². The van der Waals surface area contributed by atoms with E-state index in [0.717, 1.165) is 29.5 Å². The quantitative estimate of drug-likeness (QED) is 0.326. The van der Waals surface area contributed by atoms with Crippen LogP contribution in [-0.4, -0.2) is 42.6 Å². The molecule has 1 aliphatic heterocycles. The summed E-state index contributed by atoms with van der Waals surface area (Å²) < 4.78 is 32.2. The first kappa shape index (κ1) is 26.6. The summed E-state index contributed by atoms with van der Waals surface area (Å²) in [4.78, 5) is 12.2. The minimum Gasteiger partial charge on any atom is -0.460 e. The second-order valence-electron chi connectivity index (χ2n) is 10.1. The number of ether oxygens (including phenoxy) is 5. The zero-order valence-electron chi connectivity index (χ0n) is 21.9. The SMILES string of the molecule is CC(=O)O[C@H]1C[C@@]2(CCCO2)[C@H](OCc2ccccc2)[C@@H](OCc2ccccc2)[C@@H]1OCc1ccccc1. The number of carbonyl (C=O) groups excluding carboxylic acids is 1. The molecule has 0 radical (unpaired) electrons. The van der Waals surface area contributed by atoms with Crippen molar-refractivity contribution in [3.8, 4) is 0 Å². The van der Waals surface area contributed by atoms with Gasteiger partial charge in [0.1, 0.15) is 30.0 Å². The van der Waals surface area contributed by atoms with Crippen LogP contribution in [0.4, 0.5) is 0 Å². The van der Waals surface area contributed by atoms with Gasteiger partial charge in [-0.15, -0.1) is 0 Å². The lowest BCUT2D eigenvalue weighted by Crippen LogP contribution is -2.65. The molecule has 0 amide bonds. The van der Waals surface area contributed by atoms with E-state index in [1.165, 1.54) is 6.92 Å². The van der Waals surface area contributed by atoms with E-state index in [1.807, 2.05) is 78.9 Å². The number of esters is 1. The number of rotatable bonds is 10. The van der Waals surface area contributed by atoms with Crippen LogP contribution in [0.2, 0.25) is 0 Å². The Labute approximate surface area is 224 Å². The Kier molecular flexibility index (Phi) is 8.86. The molecule has 0 unspecified atom stereocenters. The monoisotopic (exact) mass is 516 g/mol. The molecular formula is C32H36O6. The Morgan fingerprint density at radius 1 is 0.763 bits per heavy atom. The topological polar surface area (TPSA) is 63.2 Å². The van der Waals surface area contributed by atoms with Crippen LogP contribution in [0, 0.1) is 0 Å². The van der Waals surface area contributed by atoms with Gasteiger partial charge in [-0.1, -0.05) is 91.0 Å². The molecule has 5 atom stereocenters. The molecule has 1 spiro atoms. The Morgan fingerprint density at radius 3 is 1.74 bits per heavy atom. The molecule has 0 bridgehead atoms. The molecule has 6 nitrogen and oxygen atoms in total. The van der Waals surface area contributed by atoms with Gasteiger partial charge in [-0.25, -0.2) is 0 Å². The summed E-state index contributed by atoms with van der Waals surface area (Å²) in [5.41, 5.74) is 2.54. The molecule has 2 aliphatic rings. The smallest absolute Gasteiger partial charge is 0.302 e. The second kappa shape index (κ2) is 12.7. The largest absolute Gasteiger partial charge is 0.460 e. The lowest BCUT2D eigenvalue weighted by molar-refractivity contribution is -0.267. The molecule has 6 heteroatoms. The molecule has 0 aromatic heterocycles. The number of hydrogen-bond donors (Lipinski definition) is 0. The van der Waals surface area contributed by atoms with Crippen LogP contribution in [0.3, 0.4) is 0 Å². The predicted octanol–water partition coefficient (Wildman–Crippen LogP) is 5.63. The van der Waals surface area contributed by atoms with E-state index in [1.54, 1.807) is 0 Å². The maximum Gasteiger partial charge on any atom is 0.302 e. The van der Waals surface area contributed by atoms with Crippen molar-refractivity contribution in [2.45, 2.75) is 76.0 Å². The van der Waals surface area contributed by atoms with Crippen molar-refractivity contribution in [1.82, 2.24) is 0 Å². The van der Waals surface area contributed by atoms with Gasteiger partial charge in [0.25, 0.3) is 0 Å². The van der Waals surface area contributed by atoms with Gasteiger partial charge in [0.2, 0.25) is 0 Å². The van der Waals surface area contributed by atoms with Crippen molar-refractivity contribution >= 4 is 5.97 Å². The highest BCUT2D eigenvalue weighted by atomic mass is 16.6. The van der Waals surface area contributed by atoms with E-state index < -0.39 is 30.0 Å². The van der Waals surface area contributed by atoms with Gasteiger partial charge in [-0.2, -0.15) is 0 Å². The summed E-state index contributed by atoms with van der Waals surface area (Å²) in [5.74, 6) is -0.345. The predicted molar refractivity (Wildman–Crippen MR) is 143 cm³/mol. The van der Waals surface area contributed by atoms with Crippen LogP contribution in [0.25, 0.3) is 0 Å². The van der Waals surface area contributed by atoms with Gasteiger partial charge in [0.15, 0.2) is 0 Å². The van der Waals surface area contributed by atoms with Crippen molar-refractivity contribution in [1.29, 1.82) is 0 Å². The minimum atomic E-state index is -0.622. The Morgan fingerprint density at radius 2 is 1.26 bits per heavy atom. The van der Waals surface area contributed by atoms with Crippen molar-refractivity contribution in [2.24, 2.45) is 0 Å². The Bertz CT molecular complexity index is 1130. The molecule has 1 saturated heterocycles. The van der Waals surface area contributed by atoms with E-state index in [-0.39, 0.29) is 5.97 Å². The minimum absolute atomic E-state index is 0.345. The lowest BCUT2D eigenvalue weighted by atomic mass is 9.75. The Hall–Kier alpha value is -3.03. The zero-order valence-corrected chi connectivity index (χ0v) is 21.9. The van der Waals surface area contributed by atoms with E-state index in [4.69, 9.17) is 23.7 Å². The zero-order chi connectivity index (χ0) is 26.2. The highest BCUT2D eigenvalue weighted by molar-refractivity contribution is 5.66. The fraction of sp³-hybridized carbons (Fsp3) is 0.406. The van der Waals surface area contributed by atoms with Crippen LogP contribution in [0.5, 0.6) is 0 Å². The first-order chi connectivity index (χ1) is 18.6. The molecule has 5 rings (SSSR count). The molecule has 3 aromatic carbocycles. The first-order valence-corrected chi connectivity index (χ1v) is 13.4. The standard InChI is InChI=1S/C32H36O6/c1-24(33)38-28-20-32(18-11-19-37-32)31(36-23-27-16-9-4-10-17-27)30(35-22-26-14-7-3-8-15-26)29(28)34-21-25-12-5-2-6-13-25/h2-10,12-17,28-31H,11,18-23H2,1H3/t28-,29+,30-,31+,32-/m0/s1. The number of hydrogen-bond acceptors (Lipinski definition) is 6. The first-order valence-electron chi connectivity index (χ1n) is 13.4. The fourth-order valence-corrected chi connectivity index (χ4v) is 5.61. The third-order valence-corrected chi connectivity index (χ3v) is 7.35. The van der Waals surface area contributed by atoms with Crippen LogP contribution in [0.1, 0.15) is 42.9 Å². The number of carbonyl (C=O) groups is 1. The normalized spacial score (nSPS) is 26.9. The van der Waals surface area contributed by atoms with Crippen LogP contribution in [-0.2, 0) is 48.3 Å². The van der Waals surface area contributed by atoms with Gasteiger partial charge in [0, 0.05) is 20.0 Å². The maximum absolute atomic E-state index is 12.2. The summed E-state index contributed by atoms with van der Waals surface area (Å²) in [7, 11) is 0. The molecular weight excluding hydrogens is 480 g/mol. The van der Waals surface area contributed by atoms with E-state index in [9.17, 15) is 4.79 Å². The third-order valence-electron chi connectivity index (χ3n) is 7.35. The van der Waals surface area contributed by atoms with E-state index >= 15 is 0 Å². The third kappa shape index (κ3) is 6.51. The molecule has 3 aromatic rings. The average molecular weight is 517 g/mol. The Balaban J connectivity index is 1.47. The molecule has 1 heterocycles. The maximum atomic E-state index is 12.2. The second-order valence-corrected chi connectivity index (χ2v) is 10.1. The van der Waals surface area contributed by atoms with Gasteiger partial charge < -0.3 is 23.7 Å². The summed E-state index contributed by atoms with van der Waals surface area (Å²) >= 11 is 0. The highest BCUT2D eigenvalue weighted by Gasteiger charge is 2.58. The van der Waals surface area contributed by atoms with Gasteiger partial charge in [0.05, 0.1) is 19.8 Å². The molecule has 0 N–H and O–H groups in total. The van der Waals surface area contributed by atoms with Crippen molar-refractivity contribution in [3.63, 3.8) is 0 Å². The summed E-state index contributed by atoms with van der Waals surface area (Å²) in [6, 6.07) is 30.2.